The second kappa shape index (κ2) is 5.05. The third kappa shape index (κ3) is 2.50. The second-order valence-corrected chi connectivity index (χ2v) is 3.98. The van der Waals surface area contributed by atoms with Crippen LogP contribution in [0.4, 0.5) is 5.69 Å². The Morgan fingerprint density at radius 2 is 2.12 bits per heavy atom. The first-order chi connectivity index (χ1) is 8.22. The monoisotopic (exact) mass is 295 g/mol. The number of methoxy groups -OCH3 is 1. The normalized spacial score (nSPS) is 10.0. The molecule has 1 amide bonds. The van der Waals surface area contributed by atoms with Gasteiger partial charge in [-0.25, -0.2) is 0 Å². The van der Waals surface area contributed by atoms with E-state index in [1.807, 2.05) is 12.1 Å². The molecule has 2 rings (SSSR count). The molecule has 0 unspecified atom stereocenters. The molecular weight excluding hydrogens is 286 g/mol. The number of nitrogens with one attached hydrogen (secondary N) is 1. The average Bonchev–Trinajstić information content (AvgIpc) is 2.76. The maximum atomic E-state index is 11.9. The van der Waals surface area contributed by atoms with Gasteiger partial charge in [-0.05, 0) is 34.1 Å². The van der Waals surface area contributed by atoms with Gasteiger partial charge in [0.05, 0.1) is 24.6 Å². The number of furan rings is 1. The minimum atomic E-state index is -0.255. The van der Waals surface area contributed by atoms with Crippen molar-refractivity contribution in [2.45, 2.75) is 0 Å². The summed E-state index contributed by atoms with van der Waals surface area (Å²) < 4.78 is 10.6. The average molecular weight is 296 g/mol. The SMILES string of the molecule is COc1ccccc1NC(=O)c1ccoc1Br. The molecule has 1 N–H and O–H groups in total. The van der Waals surface area contributed by atoms with Crippen LogP contribution in [0.1, 0.15) is 10.4 Å². The third-order valence-corrected chi connectivity index (χ3v) is 2.83. The number of carbonyl (C=O) groups excluding carboxylic acids is 1. The highest BCUT2D eigenvalue weighted by atomic mass is 79.9. The van der Waals surface area contributed by atoms with Gasteiger partial charge in [-0.1, -0.05) is 12.1 Å². The molecule has 0 saturated carbocycles. The molecule has 5 heteroatoms. The summed E-state index contributed by atoms with van der Waals surface area (Å²) >= 11 is 3.16. The Morgan fingerprint density at radius 1 is 1.35 bits per heavy atom. The molecular formula is C12H10BrNO3. The van der Waals surface area contributed by atoms with Crippen molar-refractivity contribution in [3.8, 4) is 5.75 Å². The lowest BCUT2D eigenvalue weighted by molar-refractivity contribution is 0.102. The van der Waals surface area contributed by atoms with E-state index in [-0.39, 0.29) is 5.91 Å². The van der Waals surface area contributed by atoms with Crippen LogP contribution in [0.25, 0.3) is 0 Å². The number of rotatable bonds is 3. The molecule has 0 saturated heterocycles. The quantitative estimate of drug-likeness (QED) is 0.945. The second-order valence-electron chi connectivity index (χ2n) is 3.26. The molecule has 0 spiro atoms. The lowest BCUT2D eigenvalue weighted by Crippen LogP contribution is -2.12. The number of ether oxygens (including phenoxy) is 1. The van der Waals surface area contributed by atoms with Crippen LogP contribution in [0.15, 0.2) is 45.7 Å². The van der Waals surface area contributed by atoms with Crippen molar-refractivity contribution < 1.29 is 13.9 Å². The number of hydrogen-bond donors (Lipinski definition) is 1. The molecule has 17 heavy (non-hydrogen) atoms. The van der Waals surface area contributed by atoms with E-state index >= 15 is 0 Å². The smallest absolute Gasteiger partial charge is 0.260 e. The fraction of sp³-hybridized carbons (Fsp3) is 0.0833. The molecule has 0 aliphatic rings. The molecule has 0 fully saturated rings. The highest BCUT2D eigenvalue weighted by Gasteiger charge is 2.14. The molecule has 4 nitrogen and oxygen atoms in total. The van der Waals surface area contributed by atoms with Crippen molar-refractivity contribution in [1.82, 2.24) is 0 Å². The number of halogens is 1. The van der Waals surface area contributed by atoms with Crippen molar-refractivity contribution in [3.63, 3.8) is 0 Å². The van der Waals surface area contributed by atoms with Crippen LogP contribution in [0, 0.1) is 0 Å². The summed E-state index contributed by atoms with van der Waals surface area (Å²) in [6.07, 6.45) is 1.45. The Bertz CT molecular complexity index is 536. The Kier molecular flexibility index (Phi) is 3.49. The standard InChI is InChI=1S/C12H10BrNO3/c1-16-10-5-3-2-4-9(10)14-12(15)8-6-7-17-11(8)13/h2-7H,1H3,(H,14,15). The van der Waals surface area contributed by atoms with E-state index in [4.69, 9.17) is 9.15 Å². The molecule has 1 heterocycles. The van der Waals surface area contributed by atoms with Gasteiger partial charge in [-0.3, -0.25) is 4.79 Å². The largest absolute Gasteiger partial charge is 0.495 e. The minimum Gasteiger partial charge on any atom is -0.495 e. The van der Waals surface area contributed by atoms with E-state index in [1.165, 1.54) is 6.26 Å². The van der Waals surface area contributed by atoms with Crippen LogP contribution < -0.4 is 10.1 Å². The summed E-state index contributed by atoms with van der Waals surface area (Å²) in [7, 11) is 1.55. The van der Waals surface area contributed by atoms with E-state index in [9.17, 15) is 4.79 Å². The van der Waals surface area contributed by atoms with Gasteiger partial charge in [0.1, 0.15) is 5.75 Å². The Morgan fingerprint density at radius 3 is 2.76 bits per heavy atom. The Labute approximate surface area is 107 Å². The summed E-state index contributed by atoms with van der Waals surface area (Å²) in [5, 5.41) is 2.75. The van der Waals surface area contributed by atoms with Crippen LogP contribution in [-0.4, -0.2) is 13.0 Å². The maximum absolute atomic E-state index is 11.9. The van der Waals surface area contributed by atoms with Crippen molar-refractivity contribution in [2.24, 2.45) is 0 Å². The molecule has 0 atom stereocenters. The fourth-order valence-electron chi connectivity index (χ4n) is 1.39. The molecule has 88 valence electrons. The van der Waals surface area contributed by atoms with Gasteiger partial charge in [-0.2, -0.15) is 0 Å². The first-order valence-corrected chi connectivity index (χ1v) is 5.69. The third-order valence-electron chi connectivity index (χ3n) is 2.22. The molecule has 0 radical (unpaired) electrons. The van der Waals surface area contributed by atoms with Gasteiger partial charge in [0.25, 0.3) is 5.91 Å². The van der Waals surface area contributed by atoms with Gasteiger partial charge in [0.2, 0.25) is 0 Å². The molecule has 0 bridgehead atoms. The zero-order valence-electron chi connectivity index (χ0n) is 9.07. The number of amides is 1. The van der Waals surface area contributed by atoms with Crippen molar-refractivity contribution >= 4 is 27.5 Å². The Balaban J connectivity index is 2.22. The summed E-state index contributed by atoms with van der Waals surface area (Å²) in [5.74, 6) is 0.357. The van der Waals surface area contributed by atoms with Crippen LogP contribution in [0.5, 0.6) is 5.75 Å². The summed E-state index contributed by atoms with van der Waals surface area (Å²) in [6.45, 7) is 0. The van der Waals surface area contributed by atoms with Gasteiger partial charge >= 0.3 is 0 Å². The van der Waals surface area contributed by atoms with Gasteiger partial charge in [-0.15, -0.1) is 0 Å². The molecule has 0 aliphatic carbocycles. The van der Waals surface area contributed by atoms with E-state index in [0.29, 0.717) is 21.7 Å². The van der Waals surface area contributed by atoms with E-state index < -0.39 is 0 Å². The minimum absolute atomic E-state index is 0.255. The molecule has 0 aliphatic heterocycles. The van der Waals surface area contributed by atoms with Crippen LogP contribution in [0.2, 0.25) is 0 Å². The van der Waals surface area contributed by atoms with Crippen LogP contribution >= 0.6 is 15.9 Å². The Hall–Kier alpha value is -1.75. The van der Waals surface area contributed by atoms with Crippen LogP contribution in [0.3, 0.4) is 0 Å². The van der Waals surface area contributed by atoms with Gasteiger partial charge < -0.3 is 14.5 Å². The van der Waals surface area contributed by atoms with Crippen molar-refractivity contribution in [1.29, 1.82) is 0 Å². The molecule has 2 aromatic rings. The predicted molar refractivity (Wildman–Crippen MR) is 67.4 cm³/mol. The van der Waals surface area contributed by atoms with Gasteiger partial charge in [0.15, 0.2) is 4.67 Å². The fourth-order valence-corrected chi connectivity index (χ4v) is 1.81. The zero-order valence-corrected chi connectivity index (χ0v) is 10.7. The van der Waals surface area contributed by atoms with Crippen molar-refractivity contribution in [2.75, 3.05) is 12.4 Å². The molecule has 1 aromatic carbocycles. The van der Waals surface area contributed by atoms with E-state index in [2.05, 4.69) is 21.2 Å². The zero-order chi connectivity index (χ0) is 12.3. The predicted octanol–water partition coefficient (Wildman–Crippen LogP) is 3.30. The highest BCUT2D eigenvalue weighted by molar-refractivity contribution is 9.10. The number of hydrogen-bond acceptors (Lipinski definition) is 3. The van der Waals surface area contributed by atoms with Crippen LogP contribution in [-0.2, 0) is 0 Å². The lowest BCUT2D eigenvalue weighted by atomic mass is 10.2. The number of carbonyl (C=O) groups is 1. The van der Waals surface area contributed by atoms with E-state index in [1.54, 1.807) is 25.3 Å². The summed E-state index contributed by atoms with van der Waals surface area (Å²) in [5.41, 5.74) is 1.06. The number of benzene rings is 1. The number of anilines is 1. The highest BCUT2D eigenvalue weighted by Crippen LogP contribution is 2.25. The van der Waals surface area contributed by atoms with Gasteiger partial charge in [0, 0.05) is 0 Å². The maximum Gasteiger partial charge on any atom is 0.260 e. The molecule has 1 aromatic heterocycles. The topological polar surface area (TPSA) is 51.5 Å². The first-order valence-electron chi connectivity index (χ1n) is 4.89. The first kappa shape index (κ1) is 11.7. The van der Waals surface area contributed by atoms with E-state index in [0.717, 1.165) is 0 Å². The number of para-hydroxylation sites is 2. The lowest BCUT2D eigenvalue weighted by Gasteiger charge is -2.08. The summed E-state index contributed by atoms with van der Waals surface area (Å²) in [4.78, 5) is 11.9. The summed E-state index contributed by atoms with van der Waals surface area (Å²) in [6, 6.07) is 8.80. The van der Waals surface area contributed by atoms with Crippen molar-refractivity contribution in [3.05, 3.63) is 46.8 Å².